The van der Waals surface area contributed by atoms with Crippen molar-refractivity contribution in [3.8, 4) is 0 Å². The highest BCUT2D eigenvalue weighted by molar-refractivity contribution is 8.14. The molecule has 6 aromatic heterocycles. The van der Waals surface area contributed by atoms with Gasteiger partial charge in [0.05, 0.1) is 22.5 Å². The Bertz CT molecular complexity index is 2750. The van der Waals surface area contributed by atoms with Crippen molar-refractivity contribution < 1.29 is 9.47 Å². The van der Waals surface area contributed by atoms with Gasteiger partial charge in [-0.3, -0.25) is 35.0 Å². The molecule has 12 heterocycles. The molecule has 0 N–H and O–H groups in total. The maximum absolute atomic E-state index is 5.06. The first kappa shape index (κ1) is 81.7. The lowest BCUT2D eigenvalue weighted by atomic mass is 10.2. The number of likely N-dealkylation sites (N-methyl/N-ethyl adjacent to an activating group) is 1. The van der Waals surface area contributed by atoms with Gasteiger partial charge in [0, 0.05) is 147 Å². The van der Waals surface area contributed by atoms with Crippen molar-refractivity contribution in [1.29, 1.82) is 0 Å². The number of pyridine rings is 2. The standard InChI is InChI=1S/2C7H9N.C6H8N2.C6H12N2.C6H8N2.C5H10N2O.C5H10N2S.C5H10N2.C4H8N2O.C4H8N2S.2C4H6N2S/c1-6-3-4-7(2)8-5-6;1-6-4-3-5-7(2)8-6;1-5-3-7-6(2)8-4-5;1-6-4-3-5-8(2)7-6;1-5-3-4-7-6(2)8-5;2*1-5-6-7(2)3-4-8-5;1-5-3-4-7(2)6-5;2*1-4-5-6(2)3-7-4;2*1-3-5-4(2)7-6-3/h2*3-5H,1-2H3;3-4H,1-2H3;3-5H2,1-2H3;3-4H,1-2H3;2*3-4H2,1-2H3;3-4H2,1-2H3;2*3H2,1-2H3;2*1-2H3. The van der Waals surface area contributed by atoms with Gasteiger partial charge in [-0.2, -0.15) is 29.2 Å². The molecule has 0 spiro atoms. The number of hydrazone groups is 6. The van der Waals surface area contributed by atoms with E-state index >= 15 is 0 Å². The van der Waals surface area contributed by atoms with Gasteiger partial charge in [-0.05, 0) is 182 Å². The van der Waals surface area contributed by atoms with Gasteiger partial charge in [-0.1, -0.05) is 23.9 Å². The van der Waals surface area contributed by atoms with E-state index in [1.54, 1.807) is 23.0 Å². The van der Waals surface area contributed by atoms with Crippen molar-refractivity contribution in [3.63, 3.8) is 0 Å². The summed E-state index contributed by atoms with van der Waals surface area (Å²) in [5.74, 6) is 7.14. The molecule has 0 atom stereocenters. The van der Waals surface area contributed by atoms with Crippen molar-refractivity contribution in [1.82, 2.24) is 78.7 Å². The molecular weight excluding hydrogens is 1230 g/mol. The second kappa shape index (κ2) is 47.6. The Morgan fingerprint density at radius 2 is 0.912 bits per heavy atom. The van der Waals surface area contributed by atoms with Gasteiger partial charge in [0.2, 0.25) is 11.8 Å². The highest BCUT2D eigenvalue weighted by Crippen LogP contribution is 2.13. The lowest BCUT2D eigenvalue weighted by molar-refractivity contribution is 0.189. The van der Waals surface area contributed by atoms with E-state index in [4.69, 9.17) is 9.47 Å². The van der Waals surface area contributed by atoms with Crippen LogP contribution in [0.2, 0.25) is 0 Å². The van der Waals surface area contributed by atoms with E-state index in [0.29, 0.717) is 6.73 Å². The fourth-order valence-corrected chi connectivity index (χ4v) is 9.42. The summed E-state index contributed by atoms with van der Waals surface area (Å²) in [5.41, 5.74) is 9.12. The summed E-state index contributed by atoms with van der Waals surface area (Å²) in [6.45, 7) is 40.8. The third kappa shape index (κ3) is 46.4. The second-order valence-electron chi connectivity index (χ2n) is 21.3. The molecule has 12 rings (SSSR count). The number of rotatable bonds is 0. The Morgan fingerprint density at radius 1 is 0.396 bits per heavy atom. The zero-order chi connectivity index (χ0) is 68.3. The predicted octanol–water partition coefficient (Wildman–Crippen LogP) is 12.2. The average Bonchev–Trinajstić information content (AvgIpc) is 4.47. The van der Waals surface area contributed by atoms with Crippen LogP contribution in [0.5, 0.6) is 0 Å². The Kier molecular flexibility index (Phi) is 42.7. The second-order valence-corrected chi connectivity index (χ2v) is 25.6. The third-order valence-electron chi connectivity index (χ3n) is 11.3. The first-order valence-electron chi connectivity index (χ1n) is 29.9. The van der Waals surface area contributed by atoms with Crippen LogP contribution in [-0.4, -0.2) is 205 Å². The van der Waals surface area contributed by atoms with Crippen LogP contribution >= 0.6 is 46.6 Å². The van der Waals surface area contributed by atoms with Crippen LogP contribution in [0, 0.1) is 83.1 Å². The van der Waals surface area contributed by atoms with Crippen LogP contribution in [-0.2, 0) is 9.47 Å². The summed E-state index contributed by atoms with van der Waals surface area (Å²) >= 11 is 6.50. The van der Waals surface area contributed by atoms with Crippen LogP contribution in [0.4, 0.5) is 0 Å². The molecule has 24 nitrogen and oxygen atoms in total. The minimum atomic E-state index is 0.603. The molecule has 91 heavy (non-hydrogen) atoms. The highest BCUT2D eigenvalue weighted by Gasteiger charge is 2.07. The number of thioether (sulfide) groups is 2. The summed E-state index contributed by atoms with van der Waals surface area (Å²) in [6.07, 6.45) is 10.9. The van der Waals surface area contributed by atoms with Gasteiger partial charge < -0.3 is 14.5 Å². The van der Waals surface area contributed by atoms with E-state index in [0.717, 1.165) is 119 Å². The largest absolute Gasteiger partial charge is 0.478 e. The van der Waals surface area contributed by atoms with E-state index in [9.17, 15) is 0 Å². The van der Waals surface area contributed by atoms with Crippen molar-refractivity contribution in [2.45, 2.75) is 144 Å². The van der Waals surface area contributed by atoms with Gasteiger partial charge >= 0.3 is 0 Å². The minimum absolute atomic E-state index is 0.603. The molecule has 0 fully saturated rings. The fraction of sp³-hybridized carbons (Fsp3) is 0.556. The summed E-state index contributed by atoms with van der Waals surface area (Å²) in [4.78, 5) is 32.2. The molecule has 502 valence electrons. The van der Waals surface area contributed by atoms with Crippen molar-refractivity contribution >= 4 is 79.9 Å². The van der Waals surface area contributed by atoms with Crippen LogP contribution in [0.3, 0.4) is 0 Å². The Hall–Kier alpha value is -7.30. The van der Waals surface area contributed by atoms with Crippen LogP contribution in [0.15, 0.2) is 91.8 Å². The number of aromatic nitrogens is 10. The van der Waals surface area contributed by atoms with Gasteiger partial charge in [-0.25, -0.2) is 29.9 Å². The monoisotopic (exact) mass is 1330 g/mol. The predicted molar refractivity (Wildman–Crippen MR) is 385 cm³/mol. The van der Waals surface area contributed by atoms with E-state index in [1.165, 1.54) is 68.7 Å². The normalized spacial score (nSPS) is 14.7. The summed E-state index contributed by atoms with van der Waals surface area (Å²) in [7, 11) is 11.8. The summed E-state index contributed by atoms with van der Waals surface area (Å²) in [5, 5.41) is 40.5. The van der Waals surface area contributed by atoms with Crippen LogP contribution < -0.4 is 0 Å². The zero-order valence-corrected chi connectivity index (χ0v) is 62.1. The Morgan fingerprint density at radius 3 is 1.18 bits per heavy atom. The number of ether oxygens (including phenoxy) is 2. The van der Waals surface area contributed by atoms with E-state index < -0.39 is 0 Å². The molecular formula is C63H104N22O2S4. The van der Waals surface area contributed by atoms with Crippen molar-refractivity contribution in [3.05, 3.63) is 128 Å². The highest BCUT2D eigenvalue weighted by atomic mass is 32.2. The maximum Gasteiger partial charge on any atom is 0.204 e. The SMILES string of the molecule is CC1=NN(C)CC1.CC1=NN(C)CCC1.CC1=NN(C)CCO1.CC1=NN(C)CCS1.CC1=NN(C)CO1.CC1=NN(C)CS1.Cc1ccc(C)nc1.Cc1cccc(C)n1.Cc1ccnc(C)n1.Cc1cnc(C)nc1.Cc1nsc(C)n1.Cc1nsc(C)n1. The molecule has 0 aromatic carbocycles. The molecule has 0 aliphatic carbocycles. The van der Waals surface area contributed by atoms with Gasteiger partial charge in [0.25, 0.3) is 0 Å². The van der Waals surface area contributed by atoms with E-state index in [-0.39, 0.29) is 0 Å². The molecule has 0 bridgehead atoms. The summed E-state index contributed by atoms with van der Waals surface area (Å²) < 4.78 is 17.9. The van der Waals surface area contributed by atoms with E-state index in [2.05, 4.69) is 99.1 Å². The first-order chi connectivity index (χ1) is 43.0. The minimum Gasteiger partial charge on any atom is -0.478 e. The molecule has 0 saturated heterocycles. The van der Waals surface area contributed by atoms with Crippen LogP contribution in [0.25, 0.3) is 0 Å². The van der Waals surface area contributed by atoms with Gasteiger partial charge in [0.15, 0.2) is 6.73 Å². The van der Waals surface area contributed by atoms with Gasteiger partial charge in [0.1, 0.15) is 39.9 Å². The number of aryl methyl sites for hydroxylation is 12. The zero-order valence-electron chi connectivity index (χ0n) is 58.8. The summed E-state index contributed by atoms with van der Waals surface area (Å²) in [6, 6.07) is 11.9. The topological polar surface area (TPSA) is 241 Å². The van der Waals surface area contributed by atoms with Crippen LogP contribution in [0.1, 0.15) is 128 Å². The molecule has 6 aromatic rings. The lowest BCUT2D eigenvalue weighted by Crippen LogP contribution is -2.25. The smallest absolute Gasteiger partial charge is 0.204 e. The molecule has 6 aliphatic rings. The van der Waals surface area contributed by atoms with Crippen molar-refractivity contribution in [2.24, 2.45) is 30.6 Å². The number of nitrogens with zero attached hydrogens (tertiary/aromatic N) is 22. The molecule has 0 unspecified atom stereocenters. The number of hydrogen-bond acceptors (Lipinski definition) is 28. The molecule has 28 heteroatoms. The number of hydrogen-bond donors (Lipinski definition) is 0. The lowest BCUT2D eigenvalue weighted by Gasteiger charge is -2.19. The van der Waals surface area contributed by atoms with Gasteiger partial charge in [-0.15, -0.1) is 22.0 Å². The van der Waals surface area contributed by atoms with Crippen molar-refractivity contribution in [2.75, 3.05) is 93.4 Å². The third-order valence-corrected chi connectivity index (χ3v) is 14.6. The fourth-order valence-electron chi connectivity index (χ4n) is 6.98. The molecule has 6 aliphatic heterocycles. The average molecular weight is 1330 g/mol. The Labute approximate surface area is 561 Å². The molecule has 0 radical (unpaired) electrons. The molecule has 0 amide bonds. The molecule has 0 saturated carbocycles. The van der Waals surface area contributed by atoms with E-state index in [1.807, 2.05) is 239 Å². The quantitative estimate of drug-likeness (QED) is 0.137. The maximum atomic E-state index is 5.06. The first-order valence-corrected chi connectivity index (χ1v) is 33.4. The Balaban J connectivity index is 0.000000497.